The Morgan fingerprint density at radius 1 is 1.32 bits per heavy atom. The average molecular weight is 473 g/mol. The van der Waals surface area contributed by atoms with E-state index in [-0.39, 0.29) is 15.9 Å². The smallest absolute Gasteiger partial charge is 0.322 e. The van der Waals surface area contributed by atoms with Crippen LogP contribution < -0.4 is 14.8 Å². The second kappa shape index (κ2) is 9.81. The number of rotatable bonds is 7. The minimum atomic E-state index is -3.91. The number of carbonyl (C=O) groups excluding carboxylic acids is 1. The summed E-state index contributed by atoms with van der Waals surface area (Å²) < 4.78 is 40.3. The van der Waals surface area contributed by atoms with Gasteiger partial charge in [-0.2, -0.15) is 0 Å². The van der Waals surface area contributed by atoms with Gasteiger partial charge in [0.15, 0.2) is 5.82 Å². The molecule has 1 atom stereocenters. The van der Waals surface area contributed by atoms with E-state index in [0.29, 0.717) is 50.4 Å². The molecule has 0 bridgehead atoms. The van der Waals surface area contributed by atoms with Gasteiger partial charge in [-0.25, -0.2) is 17.9 Å². The molecule has 31 heavy (non-hydrogen) atoms. The van der Waals surface area contributed by atoms with Crippen LogP contribution in [0.3, 0.4) is 0 Å². The van der Waals surface area contributed by atoms with Gasteiger partial charge in [-0.05, 0) is 32.0 Å². The van der Waals surface area contributed by atoms with Crippen molar-refractivity contribution in [3.63, 3.8) is 0 Å². The molecular weight excluding hydrogens is 448 g/mol. The van der Waals surface area contributed by atoms with E-state index in [9.17, 15) is 13.2 Å². The maximum absolute atomic E-state index is 12.9. The number of hydrogen-bond acceptors (Lipinski definition) is 7. The van der Waals surface area contributed by atoms with Crippen LogP contribution in [0.15, 0.2) is 23.1 Å². The fourth-order valence-electron chi connectivity index (χ4n) is 3.15. The lowest BCUT2D eigenvalue weighted by Gasteiger charge is -2.27. The summed E-state index contributed by atoms with van der Waals surface area (Å²) in [6.45, 7) is 5.95. The second-order valence-corrected chi connectivity index (χ2v) is 8.92. The predicted molar refractivity (Wildman–Crippen MR) is 114 cm³/mol. The lowest BCUT2D eigenvalue weighted by molar-refractivity contribution is 0.0564. The molecule has 1 aliphatic heterocycles. The molecule has 2 N–H and O–H groups in total. The Morgan fingerprint density at radius 3 is 2.65 bits per heavy atom. The van der Waals surface area contributed by atoms with Gasteiger partial charge in [0, 0.05) is 19.6 Å². The molecular formula is C18H25ClN6O5S. The van der Waals surface area contributed by atoms with Crippen molar-refractivity contribution in [3.05, 3.63) is 29.0 Å². The zero-order chi connectivity index (χ0) is 22.6. The zero-order valence-corrected chi connectivity index (χ0v) is 19.0. The number of hydrogen-bond donors (Lipinski definition) is 2. The molecule has 0 spiro atoms. The molecule has 1 fully saturated rings. The quantitative estimate of drug-likeness (QED) is 0.629. The molecule has 2 amide bonds. The molecule has 170 valence electrons. The first-order valence-electron chi connectivity index (χ1n) is 9.69. The van der Waals surface area contributed by atoms with Crippen molar-refractivity contribution in [2.24, 2.45) is 0 Å². The molecule has 1 saturated heterocycles. The lowest BCUT2D eigenvalue weighted by Crippen LogP contribution is -2.43. The number of nitrogens with zero attached hydrogens (tertiary/aromatic N) is 4. The largest absolute Gasteiger partial charge is 0.467 e. The Balaban J connectivity index is 1.73. The molecule has 2 heterocycles. The van der Waals surface area contributed by atoms with Crippen molar-refractivity contribution in [1.82, 2.24) is 24.4 Å². The van der Waals surface area contributed by atoms with E-state index in [2.05, 4.69) is 20.2 Å². The maximum Gasteiger partial charge on any atom is 0.322 e. The molecule has 1 aromatic carbocycles. The number of benzene rings is 1. The van der Waals surface area contributed by atoms with Crippen molar-refractivity contribution in [2.45, 2.75) is 31.3 Å². The fourth-order valence-corrected chi connectivity index (χ4v) is 4.67. The van der Waals surface area contributed by atoms with Gasteiger partial charge in [0.05, 0.1) is 42.0 Å². The number of sulfonamides is 1. The molecule has 0 radical (unpaired) electrons. The highest BCUT2D eigenvalue weighted by atomic mass is 35.5. The summed E-state index contributed by atoms with van der Waals surface area (Å²) in [6, 6.07) is 3.43. The first-order valence-corrected chi connectivity index (χ1v) is 11.6. The molecule has 3 rings (SSSR count). The normalized spacial score (nSPS) is 15.5. The highest BCUT2D eigenvalue weighted by molar-refractivity contribution is 7.89. The SMILES string of the molecule is CCn1c(OC)nnc1[C@@H](C)NS(=O)(=O)c1ccc(NC(=O)N2CCOCC2)c(Cl)c1. The zero-order valence-electron chi connectivity index (χ0n) is 17.5. The second-order valence-electron chi connectivity index (χ2n) is 6.80. The molecule has 0 saturated carbocycles. The van der Waals surface area contributed by atoms with E-state index in [1.807, 2.05) is 6.92 Å². The number of ether oxygens (including phenoxy) is 2. The van der Waals surface area contributed by atoms with Gasteiger partial charge >= 0.3 is 12.0 Å². The molecule has 0 aliphatic carbocycles. The number of urea groups is 1. The number of methoxy groups -OCH3 is 1. The monoisotopic (exact) mass is 472 g/mol. The summed E-state index contributed by atoms with van der Waals surface area (Å²) in [6.07, 6.45) is 0. The van der Waals surface area contributed by atoms with Gasteiger partial charge in [0.25, 0.3) is 0 Å². The Labute approximate surface area is 185 Å². The first kappa shape index (κ1) is 23.3. The van der Waals surface area contributed by atoms with Crippen molar-refractivity contribution in [3.8, 4) is 6.01 Å². The predicted octanol–water partition coefficient (Wildman–Crippen LogP) is 1.86. The summed E-state index contributed by atoms with van der Waals surface area (Å²) in [5.74, 6) is 0.420. The van der Waals surface area contributed by atoms with Gasteiger partial charge in [-0.15, -0.1) is 5.10 Å². The highest BCUT2D eigenvalue weighted by Gasteiger charge is 2.25. The van der Waals surface area contributed by atoms with Gasteiger partial charge in [0.2, 0.25) is 10.0 Å². The number of aromatic nitrogens is 3. The Bertz CT molecular complexity index is 1040. The van der Waals surface area contributed by atoms with Gasteiger partial charge in [0.1, 0.15) is 0 Å². The van der Waals surface area contributed by atoms with Crippen LogP contribution in [0.2, 0.25) is 5.02 Å². The third-order valence-corrected chi connectivity index (χ3v) is 6.61. The standard InChI is InChI=1S/C18H25ClN6O5S/c1-4-25-16(21-22-18(25)29-3)12(2)23-31(27,28)13-5-6-15(14(19)11-13)20-17(26)24-7-9-30-10-8-24/h5-6,11-12,23H,4,7-10H2,1-3H3,(H,20,26)/t12-/m1/s1. The van der Waals surface area contributed by atoms with E-state index in [1.54, 1.807) is 16.4 Å². The third kappa shape index (κ3) is 5.26. The summed E-state index contributed by atoms with van der Waals surface area (Å²) >= 11 is 6.25. The molecule has 1 aromatic heterocycles. The number of carbonyl (C=O) groups is 1. The van der Waals surface area contributed by atoms with Crippen LogP contribution >= 0.6 is 11.6 Å². The van der Waals surface area contributed by atoms with E-state index >= 15 is 0 Å². The van der Waals surface area contributed by atoms with Crippen LogP contribution in [0.25, 0.3) is 0 Å². The number of nitrogens with one attached hydrogen (secondary N) is 2. The Hall–Kier alpha value is -2.41. The molecule has 11 nitrogen and oxygen atoms in total. The van der Waals surface area contributed by atoms with E-state index < -0.39 is 16.1 Å². The van der Waals surface area contributed by atoms with Crippen molar-refractivity contribution < 1.29 is 22.7 Å². The van der Waals surface area contributed by atoms with Crippen molar-refractivity contribution in [2.75, 3.05) is 38.7 Å². The third-order valence-electron chi connectivity index (χ3n) is 4.75. The summed E-state index contributed by atoms with van der Waals surface area (Å²) in [7, 11) is -2.45. The Morgan fingerprint density at radius 2 is 2.03 bits per heavy atom. The molecule has 2 aromatic rings. The number of morpholine rings is 1. The fraction of sp³-hybridized carbons (Fsp3) is 0.500. The van der Waals surface area contributed by atoms with Gasteiger partial charge < -0.3 is 19.7 Å². The summed E-state index contributed by atoms with van der Waals surface area (Å²) in [5.41, 5.74) is 0.320. The maximum atomic E-state index is 12.9. The number of halogens is 1. The lowest BCUT2D eigenvalue weighted by atomic mass is 10.3. The van der Waals surface area contributed by atoms with Crippen LogP contribution in [0.5, 0.6) is 6.01 Å². The van der Waals surface area contributed by atoms with Gasteiger partial charge in [-0.1, -0.05) is 16.7 Å². The topological polar surface area (TPSA) is 128 Å². The van der Waals surface area contributed by atoms with Crippen LogP contribution in [0, 0.1) is 0 Å². The van der Waals surface area contributed by atoms with E-state index in [4.69, 9.17) is 21.1 Å². The molecule has 1 aliphatic rings. The number of amides is 2. The average Bonchev–Trinajstić information content (AvgIpc) is 3.18. The number of anilines is 1. The van der Waals surface area contributed by atoms with Gasteiger partial charge in [-0.3, -0.25) is 4.57 Å². The molecule has 13 heteroatoms. The van der Waals surface area contributed by atoms with Crippen molar-refractivity contribution in [1.29, 1.82) is 0 Å². The summed E-state index contributed by atoms with van der Waals surface area (Å²) in [4.78, 5) is 13.9. The van der Waals surface area contributed by atoms with Crippen LogP contribution in [-0.2, 0) is 21.3 Å². The molecule has 0 unspecified atom stereocenters. The minimum absolute atomic E-state index is 0.0387. The van der Waals surface area contributed by atoms with E-state index in [0.717, 1.165) is 0 Å². The first-order chi connectivity index (χ1) is 14.8. The van der Waals surface area contributed by atoms with Crippen molar-refractivity contribution >= 4 is 33.3 Å². The van der Waals surface area contributed by atoms with Crippen LogP contribution in [0.1, 0.15) is 25.7 Å². The summed E-state index contributed by atoms with van der Waals surface area (Å²) in [5, 5.41) is 10.7. The van der Waals surface area contributed by atoms with Crippen LogP contribution in [0.4, 0.5) is 10.5 Å². The van der Waals surface area contributed by atoms with Crippen LogP contribution in [-0.4, -0.2) is 67.5 Å². The minimum Gasteiger partial charge on any atom is -0.467 e. The van der Waals surface area contributed by atoms with E-state index in [1.165, 1.54) is 25.3 Å². The highest BCUT2D eigenvalue weighted by Crippen LogP contribution is 2.27. The Kier molecular flexibility index (Phi) is 7.36.